The van der Waals surface area contributed by atoms with Crippen LogP contribution in [0.1, 0.15) is 58.3 Å². The maximum atomic E-state index is 10.3. The molecule has 0 spiro atoms. The van der Waals surface area contributed by atoms with Crippen LogP contribution >= 0.6 is 0 Å². The molecule has 0 atom stereocenters. The summed E-state index contributed by atoms with van der Waals surface area (Å²) in [5.74, 6) is -5.02. The molecule has 0 radical (unpaired) electrons. The van der Waals surface area contributed by atoms with Crippen molar-refractivity contribution in [3.05, 3.63) is 6.92 Å². The molecule has 0 saturated heterocycles. The molecule has 0 amide bonds. The summed E-state index contributed by atoms with van der Waals surface area (Å²) in [5.41, 5.74) is -2.74. The number of carbonyl (C=O) groups is 3. The molecule has 0 rings (SSSR count). The van der Waals surface area contributed by atoms with Crippen molar-refractivity contribution >= 4 is 17.9 Å². The number of aliphatic carboxylic acids is 3. The van der Waals surface area contributed by atoms with Crippen molar-refractivity contribution in [2.24, 2.45) is 0 Å². The van der Waals surface area contributed by atoms with E-state index in [4.69, 9.17) is 20.4 Å². The Kier molecular flexibility index (Phi) is 17.6. The number of rotatable bonds is 10. The van der Waals surface area contributed by atoms with E-state index in [9.17, 15) is 14.4 Å². The first-order chi connectivity index (χ1) is 9.69. The van der Waals surface area contributed by atoms with Crippen LogP contribution in [0.4, 0.5) is 0 Å². The second-order valence-corrected chi connectivity index (χ2v) is 4.75. The Morgan fingerprint density at radius 1 is 0.909 bits per heavy atom. The Balaban J connectivity index is -0.000000348. The Morgan fingerprint density at radius 2 is 1.32 bits per heavy atom. The van der Waals surface area contributed by atoms with Gasteiger partial charge >= 0.3 is 17.9 Å². The Hall–Kier alpha value is -1.01. The minimum atomic E-state index is -2.74. The number of carboxylic acids is 3. The summed E-state index contributed by atoms with van der Waals surface area (Å²) in [6, 6.07) is 0. The summed E-state index contributed by atoms with van der Waals surface area (Å²) in [6.45, 7) is 6.02. The second-order valence-electron chi connectivity index (χ2n) is 4.75. The molecule has 126 valence electrons. The first-order valence-electron chi connectivity index (χ1n) is 6.88. The van der Waals surface area contributed by atoms with E-state index >= 15 is 0 Å². The monoisotopic (exact) mass is 369 g/mol. The van der Waals surface area contributed by atoms with Gasteiger partial charge in [0.1, 0.15) is 0 Å². The molecule has 0 aliphatic rings. The van der Waals surface area contributed by atoms with E-state index in [0.717, 1.165) is 6.42 Å². The largest absolute Gasteiger partial charge is 0.481 e. The molecule has 0 saturated carbocycles. The van der Waals surface area contributed by atoms with Gasteiger partial charge in [0.25, 0.3) is 0 Å². The zero-order valence-corrected chi connectivity index (χ0v) is 16.1. The minimum absolute atomic E-state index is 0. The van der Waals surface area contributed by atoms with Crippen LogP contribution in [0.5, 0.6) is 0 Å². The summed E-state index contributed by atoms with van der Waals surface area (Å²) >= 11 is 0. The van der Waals surface area contributed by atoms with Crippen molar-refractivity contribution < 1.29 is 54.3 Å². The van der Waals surface area contributed by atoms with E-state index in [-0.39, 0.29) is 19.5 Å². The third-order valence-corrected chi connectivity index (χ3v) is 2.64. The maximum absolute atomic E-state index is 10.3. The standard InChI is InChI=1S/C8H17.C6H8O7.Zn/c1-3-5-7-8-6-4-2;7-3(8)1-6(13,5(11)12)2-4(9)10;/h1,3-8H2,2H3;13H,1-2H2,(H,7,8)(H,9,10)(H,11,12);/q-1;;. The van der Waals surface area contributed by atoms with Gasteiger partial charge in [-0.2, -0.15) is 6.42 Å². The smallest absolute Gasteiger partial charge is 0.336 e. The van der Waals surface area contributed by atoms with Crippen LogP contribution in [0.2, 0.25) is 0 Å². The van der Waals surface area contributed by atoms with Gasteiger partial charge in [0.15, 0.2) is 5.60 Å². The first kappa shape index (κ1) is 25.9. The van der Waals surface area contributed by atoms with Gasteiger partial charge in [-0.1, -0.05) is 39.0 Å². The minimum Gasteiger partial charge on any atom is -0.481 e. The molecule has 22 heavy (non-hydrogen) atoms. The van der Waals surface area contributed by atoms with Crippen LogP contribution in [0.15, 0.2) is 0 Å². The average Bonchev–Trinajstić information content (AvgIpc) is 2.33. The molecule has 0 aromatic heterocycles. The molecule has 0 aliphatic carbocycles. The molecule has 7 nitrogen and oxygen atoms in total. The molecule has 0 aromatic carbocycles. The van der Waals surface area contributed by atoms with Crippen LogP contribution in [0.3, 0.4) is 0 Å². The van der Waals surface area contributed by atoms with Crippen molar-refractivity contribution in [3.63, 3.8) is 0 Å². The van der Waals surface area contributed by atoms with Gasteiger partial charge in [0.05, 0.1) is 12.8 Å². The van der Waals surface area contributed by atoms with E-state index in [1.54, 1.807) is 0 Å². The van der Waals surface area contributed by atoms with Gasteiger partial charge in [-0.05, 0) is 0 Å². The summed E-state index contributed by atoms with van der Waals surface area (Å²) < 4.78 is 0. The summed E-state index contributed by atoms with van der Waals surface area (Å²) in [6.07, 6.45) is 5.69. The Bertz CT molecular complexity index is 309. The zero-order valence-electron chi connectivity index (χ0n) is 13.1. The van der Waals surface area contributed by atoms with E-state index in [0.29, 0.717) is 0 Å². The number of hydrogen-bond acceptors (Lipinski definition) is 4. The molecular formula is C14H25O7Zn-. The van der Waals surface area contributed by atoms with Gasteiger partial charge in [-0.3, -0.25) is 9.59 Å². The third-order valence-electron chi connectivity index (χ3n) is 2.64. The molecule has 0 unspecified atom stereocenters. The van der Waals surface area contributed by atoms with Crippen LogP contribution in [0, 0.1) is 6.92 Å². The topological polar surface area (TPSA) is 132 Å². The van der Waals surface area contributed by atoms with E-state index in [2.05, 4.69) is 13.8 Å². The Labute approximate surface area is 143 Å². The van der Waals surface area contributed by atoms with Crippen LogP contribution in [0.25, 0.3) is 0 Å². The van der Waals surface area contributed by atoms with Crippen molar-refractivity contribution in [2.45, 2.75) is 63.9 Å². The van der Waals surface area contributed by atoms with Crippen LogP contribution in [-0.2, 0) is 33.9 Å². The quantitative estimate of drug-likeness (QED) is 0.262. The molecular weight excluding hydrogens is 346 g/mol. The third kappa shape index (κ3) is 15.4. The molecule has 0 aromatic rings. The van der Waals surface area contributed by atoms with E-state index < -0.39 is 36.4 Å². The molecule has 0 bridgehead atoms. The predicted octanol–water partition coefficient (Wildman–Crippen LogP) is 1.93. The predicted molar refractivity (Wildman–Crippen MR) is 75.8 cm³/mol. The van der Waals surface area contributed by atoms with Crippen LogP contribution in [-0.4, -0.2) is 43.9 Å². The van der Waals surface area contributed by atoms with Crippen molar-refractivity contribution in [1.29, 1.82) is 0 Å². The summed E-state index contributed by atoms with van der Waals surface area (Å²) in [5, 5.41) is 33.8. The van der Waals surface area contributed by atoms with E-state index in [1.165, 1.54) is 32.1 Å². The van der Waals surface area contributed by atoms with Gasteiger partial charge in [0.2, 0.25) is 0 Å². The second kappa shape index (κ2) is 14.9. The van der Waals surface area contributed by atoms with Gasteiger partial charge in [-0.25, -0.2) is 4.79 Å². The number of carboxylic acid groups (broad SMARTS) is 3. The average molecular weight is 371 g/mol. The number of aliphatic hydroxyl groups is 1. The Morgan fingerprint density at radius 3 is 1.59 bits per heavy atom. The van der Waals surface area contributed by atoms with Crippen molar-refractivity contribution in [1.82, 2.24) is 0 Å². The fraction of sp³-hybridized carbons (Fsp3) is 0.714. The molecule has 0 aliphatic heterocycles. The normalized spacial score (nSPS) is 9.95. The fourth-order valence-electron chi connectivity index (χ4n) is 1.49. The number of unbranched alkanes of at least 4 members (excludes halogenated alkanes) is 5. The van der Waals surface area contributed by atoms with Gasteiger partial charge in [0, 0.05) is 19.5 Å². The fourth-order valence-corrected chi connectivity index (χ4v) is 1.49. The maximum Gasteiger partial charge on any atom is 0.336 e. The van der Waals surface area contributed by atoms with E-state index in [1.807, 2.05) is 0 Å². The summed E-state index contributed by atoms with van der Waals surface area (Å²) in [7, 11) is 0. The molecule has 0 heterocycles. The van der Waals surface area contributed by atoms with Crippen LogP contribution < -0.4 is 0 Å². The SMILES string of the molecule is O=C(O)CC(O)(CC(=O)O)C(=O)O.[CH2-]CCCCCCC.[Zn]. The zero-order chi connectivity index (χ0) is 16.9. The molecule has 0 fully saturated rings. The first-order valence-corrected chi connectivity index (χ1v) is 6.88. The molecule has 4 N–H and O–H groups in total. The van der Waals surface area contributed by atoms with Crippen molar-refractivity contribution in [2.75, 3.05) is 0 Å². The van der Waals surface area contributed by atoms with Gasteiger partial charge < -0.3 is 27.3 Å². The van der Waals surface area contributed by atoms with Crippen molar-refractivity contribution in [3.8, 4) is 0 Å². The number of hydrogen-bond donors (Lipinski definition) is 4. The van der Waals surface area contributed by atoms with Gasteiger partial charge in [-0.15, -0.1) is 0 Å². The summed E-state index contributed by atoms with van der Waals surface area (Å²) in [4.78, 5) is 30.5. The molecule has 8 heteroatoms.